The maximum absolute atomic E-state index is 13.5. The van der Waals surface area contributed by atoms with Crippen molar-refractivity contribution in [3.8, 4) is 11.5 Å². The lowest BCUT2D eigenvalue weighted by Crippen LogP contribution is -2.38. The fourth-order valence-electron chi connectivity index (χ4n) is 3.38. The third-order valence-electron chi connectivity index (χ3n) is 5.06. The number of hydrogen-bond donors (Lipinski definition) is 1. The monoisotopic (exact) mass is 484 g/mol. The number of Topliss-reactive ketones (excluding diaryl/α,β-unsaturated/α-hetero) is 1. The van der Waals surface area contributed by atoms with Crippen LogP contribution in [0.4, 0.5) is 15.8 Å². The Balaban J connectivity index is 1.65. The highest BCUT2D eigenvalue weighted by atomic mass is 32.2. The van der Waals surface area contributed by atoms with Crippen LogP contribution in [-0.2, 0) is 14.8 Å². The molecule has 1 heterocycles. The Morgan fingerprint density at radius 3 is 2.38 bits per heavy atom. The number of benzene rings is 3. The molecule has 10 heteroatoms. The van der Waals surface area contributed by atoms with Gasteiger partial charge in [0.25, 0.3) is 10.0 Å². The summed E-state index contributed by atoms with van der Waals surface area (Å²) in [6, 6.07) is 15.2. The highest BCUT2D eigenvalue weighted by Gasteiger charge is 2.29. The van der Waals surface area contributed by atoms with Crippen molar-refractivity contribution in [1.29, 1.82) is 0 Å². The molecular weight excluding hydrogens is 463 g/mol. The van der Waals surface area contributed by atoms with E-state index < -0.39 is 28.3 Å². The van der Waals surface area contributed by atoms with Gasteiger partial charge in [-0.05, 0) is 55.5 Å². The largest absolute Gasteiger partial charge is 0.486 e. The number of fused-ring (bicyclic) bond motifs is 1. The van der Waals surface area contributed by atoms with E-state index in [9.17, 15) is 22.4 Å². The summed E-state index contributed by atoms with van der Waals surface area (Å²) in [5, 5.41) is 2.61. The molecule has 1 aliphatic rings. The molecule has 0 fully saturated rings. The van der Waals surface area contributed by atoms with Gasteiger partial charge in [0.15, 0.2) is 17.3 Å². The number of nitrogens with one attached hydrogen (secondary N) is 1. The SMILES string of the molecule is CC(=O)c1cccc(NC(=O)CN(c2ccc(F)cc2)S(=O)(=O)c2ccc3c(c2)OCCO3)c1. The molecule has 0 unspecified atom stereocenters. The number of ether oxygens (including phenoxy) is 2. The third-order valence-corrected chi connectivity index (χ3v) is 6.83. The Hall–Kier alpha value is -3.92. The van der Waals surface area contributed by atoms with Crippen LogP contribution in [0.1, 0.15) is 17.3 Å². The Kier molecular flexibility index (Phi) is 6.51. The summed E-state index contributed by atoms with van der Waals surface area (Å²) >= 11 is 0. The fraction of sp³-hybridized carbons (Fsp3) is 0.167. The molecule has 1 amide bonds. The van der Waals surface area contributed by atoms with Crippen molar-refractivity contribution in [3.63, 3.8) is 0 Å². The number of rotatable bonds is 7. The van der Waals surface area contributed by atoms with Crippen LogP contribution in [0.15, 0.2) is 71.6 Å². The Morgan fingerprint density at radius 2 is 1.68 bits per heavy atom. The zero-order chi connectivity index (χ0) is 24.3. The lowest BCUT2D eigenvalue weighted by atomic mass is 10.1. The summed E-state index contributed by atoms with van der Waals surface area (Å²) in [5.74, 6) is -0.680. The molecule has 0 saturated carbocycles. The number of carbonyl (C=O) groups is 2. The molecule has 0 radical (unpaired) electrons. The number of nitrogens with zero attached hydrogens (tertiary/aromatic N) is 1. The average molecular weight is 485 g/mol. The average Bonchev–Trinajstić information content (AvgIpc) is 2.83. The molecule has 1 N–H and O–H groups in total. The van der Waals surface area contributed by atoms with E-state index in [1.807, 2.05) is 0 Å². The molecule has 0 bridgehead atoms. The molecule has 8 nitrogen and oxygen atoms in total. The van der Waals surface area contributed by atoms with E-state index in [1.54, 1.807) is 18.2 Å². The van der Waals surface area contributed by atoms with E-state index in [-0.39, 0.29) is 28.7 Å². The molecule has 1 aliphatic heterocycles. The molecule has 0 spiro atoms. The van der Waals surface area contributed by atoms with Crippen molar-refractivity contribution in [2.75, 3.05) is 29.4 Å². The van der Waals surface area contributed by atoms with E-state index in [0.29, 0.717) is 23.6 Å². The minimum Gasteiger partial charge on any atom is -0.486 e. The first-order chi connectivity index (χ1) is 16.2. The first kappa shape index (κ1) is 23.2. The zero-order valence-electron chi connectivity index (χ0n) is 18.2. The highest BCUT2D eigenvalue weighted by Crippen LogP contribution is 2.34. The number of hydrogen-bond acceptors (Lipinski definition) is 6. The number of amides is 1. The van der Waals surface area contributed by atoms with Gasteiger partial charge in [-0.2, -0.15) is 0 Å². The summed E-state index contributed by atoms with van der Waals surface area (Å²) in [7, 11) is -4.25. The normalized spacial score (nSPS) is 12.6. The summed E-state index contributed by atoms with van der Waals surface area (Å²) in [6.45, 7) is 1.44. The van der Waals surface area contributed by atoms with Crippen molar-refractivity contribution in [2.45, 2.75) is 11.8 Å². The molecule has 34 heavy (non-hydrogen) atoms. The Bertz CT molecular complexity index is 1340. The molecule has 4 rings (SSSR count). The first-order valence-electron chi connectivity index (χ1n) is 10.3. The molecule has 0 atom stereocenters. The fourth-order valence-corrected chi connectivity index (χ4v) is 4.82. The van der Waals surface area contributed by atoms with E-state index >= 15 is 0 Å². The molecule has 0 aliphatic carbocycles. The standard InChI is InChI=1S/C24H21FN2O6S/c1-16(28)17-3-2-4-19(13-17)26-24(29)15-27(20-7-5-18(25)6-8-20)34(30,31)21-9-10-22-23(14-21)33-12-11-32-22/h2-10,13-14H,11-12,15H2,1H3,(H,26,29). The number of anilines is 2. The zero-order valence-corrected chi connectivity index (χ0v) is 19.0. The topological polar surface area (TPSA) is 102 Å². The first-order valence-corrected chi connectivity index (χ1v) is 11.8. The van der Waals surface area contributed by atoms with E-state index in [1.165, 1.54) is 43.3 Å². The molecular formula is C24H21FN2O6S. The van der Waals surface area contributed by atoms with Gasteiger partial charge in [-0.1, -0.05) is 12.1 Å². The summed E-state index contributed by atoms with van der Waals surface area (Å²) in [6.07, 6.45) is 0. The van der Waals surface area contributed by atoms with Crippen LogP contribution in [0.5, 0.6) is 11.5 Å². The van der Waals surface area contributed by atoms with Crippen LogP contribution >= 0.6 is 0 Å². The van der Waals surface area contributed by atoms with Gasteiger partial charge < -0.3 is 14.8 Å². The van der Waals surface area contributed by atoms with E-state index in [0.717, 1.165) is 16.4 Å². The Labute approximate surface area is 196 Å². The lowest BCUT2D eigenvalue weighted by molar-refractivity contribution is -0.114. The minimum atomic E-state index is -4.25. The van der Waals surface area contributed by atoms with E-state index in [2.05, 4.69) is 5.32 Å². The van der Waals surface area contributed by atoms with Crippen molar-refractivity contribution in [3.05, 3.63) is 78.1 Å². The van der Waals surface area contributed by atoms with Crippen LogP contribution in [0.25, 0.3) is 0 Å². The maximum atomic E-state index is 13.5. The predicted octanol–water partition coefficient (Wildman–Crippen LogP) is 3.63. The van der Waals surface area contributed by atoms with Crippen LogP contribution in [-0.4, -0.2) is 39.9 Å². The third kappa shape index (κ3) is 5.01. The van der Waals surface area contributed by atoms with Crippen LogP contribution < -0.4 is 19.1 Å². The summed E-state index contributed by atoms with van der Waals surface area (Å²) < 4.78 is 52.4. The second-order valence-corrected chi connectivity index (χ2v) is 9.34. The molecule has 0 aromatic heterocycles. The van der Waals surface area contributed by atoms with Crippen molar-refractivity contribution in [2.24, 2.45) is 0 Å². The van der Waals surface area contributed by atoms with Gasteiger partial charge in [0, 0.05) is 17.3 Å². The quantitative estimate of drug-likeness (QED) is 0.514. The van der Waals surface area contributed by atoms with Gasteiger partial charge in [0.1, 0.15) is 25.6 Å². The van der Waals surface area contributed by atoms with Gasteiger partial charge in [-0.3, -0.25) is 13.9 Å². The summed E-state index contributed by atoms with van der Waals surface area (Å²) in [5.41, 5.74) is 0.842. The van der Waals surface area contributed by atoms with Gasteiger partial charge in [-0.15, -0.1) is 0 Å². The highest BCUT2D eigenvalue weighted by molar-refractivity contribution is 7.92. The Morgan fingerprint density at radius 1 is 0.971 bits per heavy atom. The van der Waals surface area contributed by atoms with Crippen LogP contribution in [0.3, 0.4) is 0 Å². The predicted molar refractivity (Wildman–Crippen MR) is 123 cm³/mol. The number of sulfonamides is 1. The van der Waals surface area contributed by atoms with Gasteiger partial charge in [0.2, 0.25) is 5.91 Å². The smallest absolute Gasteiger partial charge is 0.264 e. The maximum Gasteiger partial charge on any atom is 0.264 e. The number of ketones is 1. The van der Waals surface area contributed by atoms with E-state index in [4.69, 9.17) is 9.47 Å². The number of halogens is 1. The lowest BCUT2D eigenvalue weighted by Gasteiger charge is -2.25. The molecule has 3 aromatic rings. The van der Waals surface area contributed by atoms with Gasteiger partial charge in [0.05, 0.1) is 10.6 Å². The van der Waals surface area contributed by atoms with Crippen LogP contribution in [0, 0.1) is 5.82 Å². The van der Waals surface area contributed by atoms with Gasteiger partial charge >= 0.3 is 0 Å². The van der Waals surface area contributed by atoms with Crippen molar-refractivity contribution in [1.82, 2.24) is 0 Å². The molecule has 176 valence electrons. The summed E-state index contributed by atoms with van der Waals surface area (Å²) in [4.78, 5) is 24.3. The van der Waals surface area contributed by atoms with Gasteiger partial charge in [-0.25, -0.2) is 12.8 Å². The van der Waals surface area contributed by atoms with Crippen molar-refractivity contribution < 1.29 is 31.9 Å². The van der Waals surface area contributed by atoms with Crippen LogP contribution in [0.2, 0.25) is 0 Å². The second-order valence-electron chi connectivity index (χ2n) is 7.48. The second kappa shape index (κ2) is 9.52. The number of carbonyl (C=O) groups excluding carboxylic acids is 2. The molecule has 3 aromatic carbocycles. The minimum absolute atomic E-state index is 0.101. The van der Waals surface area contributed by atoms with Crippen molar-refractivity contribution >= 4 is 33.1 Å². The molecule has 0 saturated heterocycles.